The van der Waals surface area contributed by atoms with Gasteiger partial charge in [-0.25, -0.2) is 0 Å². The maximum absolute atomic E-state index is 11.3. The lowest BCUT2D eigenvalue weighted by Crippen LogP contribution is -2.46. The van der Waals surface area contributed by atoms with Crippen LogP contribution in [0.3, 0.4) is 0 Å². The first-order chi connectivity index (χ1) is 11.3. The number of hydrogen-bond acceptors (Lipinski definition) is 4. The summed E-state index contributed by atoms with van der Waals surface area (Å²) >= 11 is 0. The lowest BCUT2D eigenvalue weighted by molar-refractivity contribution is -0.137. The molecule has 1 heterocycles. The molecule has 1 aliphatic rings. The molecule has 2 atom stereocenters. The molecule has 2 aromatic carbocycles. The van der Waals surface area contributed by atoms with Crippen molar-refractivity contribution in [2.45, 2.75) is 12.2 Å². The first-order valence-electron chi connectivity index (χ1n) is 7.50. The maximum Gasteiger partial charge on any atom is 0.246 e. The summed E-state index contributed by atoms with van der Waals surface area (Å²) in [5.41, 5.74) is 0.997. The monoisotopic (exact) mass is 313 g/mol. The van der Waals surface area contributed by atoms with E-state index in [0.29, 0.717) is 12.3 Å². The molecule has 0 aliphatic carbocycles. The van der Waals surface area contributed by atoms with Gasteiger partial charge in [-0.05, 0) is 17.7 Å². The molecule has 1 saturated heterocycles. The van der Waals surface area contributed by atoms with Gasteiger partial charge >= 0.3 is 0 Å². The van der Waals surface area contributed by atoms with Crippen molar-refractivity contribution < 1.29 is 19.0 Å². The second-order valence-corrected chi connectivity index (χ2v) is 5.28. The number of ether oxygens (including phenoxy) is 3. The smallest absolute Gasteiger partial charge is 0.246 e. The van der Waals surface area contributed by atoms with Crippen LogP contribution in [0.25, 0.3) is 0 Å². The topological polar surface area (TPSA) is 56.8 Å². The Kier molecular flexibility index (Phi) is 4.78. The Morgan fingerprint density at radius 2 is 1.91 bits per heavy atom. The van der Waals surface area contributed by atoms with Crippen molar-refractivity contribution in [2.75, 3.05) is 20.3 Å². The number of amides is 1. The Morgan fingerprint density at radius 1 is 1.13 bits per heavy atom. The van der Waals surface area contributed by atoms with Gasteiger partial charge in [0.15, 0.2) is 6.10 Å². The molecule has 1 fully saturated rings. The van der Waals surface area contributed by atoms with Crippen molar-refractivity contribution in [1.29, 1.82) is 0 Å². The Morgan fingerprint density at radius 3 is 2.61 bits per heavy atom. The van der Waals surface area contributed by atoms with Crippen LogP contribution in [0.15, 0.2) is 54.6 Å². The van der Waals surface area contributed by atoms with Crippen LogP contribution in [0.2, 0.25) is 0 Å². The minimum atomic E-state index is -0.316. The van der Waals surface area contributed by atoms with Gasteiger partial charge in [0.25, 0.3) is 0 Å². The Balaban J connectivity index is 1.84. The van der Waals surface area contributed by atoms with Gasteiger partial charge in [-0.3, -0.25) is 4.79 Å². The molecule has 0 aromatic heterocycles. The van der Waals surface area contributed by atoms with Gasteiger partial charge in [-0.15, -0.1) is 0 Å². The molecule has 1 N–H and O–H groups in total. The average Bonchev–Trinajstić information content (AvgIpc) is 2.61. The number of hydrogen-bond donors (Lipinski definition) is 1. The van der Waals surface area contributed by atoms with Crippen LogP contribution in [0.4, 0.5) is 0 Å². The Labute approximate surface area is 135 Å². The predicted molar refractivity (Wildman–Crippen MR) is 85.6 cm³/mol. The summed E-state index contributed by atoms with van der Waals surface area (Å²) in [6.07, 6.45) is -0.565. The third kappa shape index (κ3) is 3.81. The molecule has 0 radical (unpaired) electrons. The van der Waals surface area contributed by atoms with E-state index >= 15 is 0 Å². The van der Waals surface area contributed by atoms with Gasteiger partial charge in [0.05, 0.1) is 7.11 Å². The molecule has 2 aromatic rings. The summed E-state index contributed by atoms with van der Waals surface area (Å²) < 4.78 is 17.1. The molecule has 5 heteroatoms. The Bertz CT molecular complexity index is 649. The second kappa shape index (κ2) is 7.15. The van der Waals surface area contributed by atoms with E-state index in [4.69, 9.17) is 14.2 Å². The van der Waals surface area contributed by atoms with Gasteiger partial charge in [-0.1, -0.05) is 36.4 Å². The quantitative estimate of drug-likeness (QED) is 0.920. The van der Waals surface area contributed by atoms with Crippen molar-refractivity contribution in [1.82, 2.24) is 5.32 Å². The van der Waals surface area contributed by atoms with Crippen LogP contribution >= 0.6 is 0 Å². The van der Waals surface area contributed by atoms with Crippen molar-refractivity contribution in [3.63, 3.8) is 0 Å². The third-order valence-corrected chi connectivity index (χ3v) is 3.70. The molecular weight excluding hydrogens is 294 g/mol. The predicted octanol–water partition coefficient (Wildman–Crippen LogP) is 2.33. The SMILES string of the molecule is COc1cccc(O[C@H](c2ccccc2)[C@@H]2CNC(=O)CO2)c1. The van der Waals surface area contributed by atoms with Gasteiger partial charge in [0.2, 0.25) is 5.91 Å². The number of nitrogens with one attached hydrogen (secondary N) is 1. The fourth-order valence-corrected chi connectivity index (χ4v) is 2.52. The van der Waals surface area contributed by atoms with E-state index in [1.165, 1.54) is 0 Å². The molecule has 0 unspecified atom stereocenters. The second-order valence-electron chi connectivity index (χ2n) is 5.28. The van der Waals surface area contributed by atoms with Gasteiger partial charge in [0.1, 0.15) is 24.2 Å². The lowest BCUT2D eigenvalue weighted by Gasteiger charge is -2.31. The Hall–Kier alpha value is -2.53. The molecule has 3 rings (SSSR count). The van der Waals surface area contributed by atoms with E-state index in [2.05, 4.69) is 5.32 Å². The zero-order valence-corrected chi connectivity index (χ0v) is 12.9. The summed E-state index contributed by atoms with van der Waals surface area (Å²) in [6, 6.07) is 17.3. The summed E-state index contributed by atoms with van der Waals surface area (Å²) in [5, 5.41) is 2.82. The number of methoxy groups -OCH3 is 1. The number of carbonyl (C=O) groups is 1. The standard InChI is InChI=1S/C18H19NO4/c1-21-14-8-5-9-15(10-14)23-18(13-6-3-2-4-7-13)16-11-19-17(20)12-22-16/h2-10,16,18H,11-12H2,1H3,(H,19,20)/t16-,18+/m0/s1. The zero-order valence-electron chi connectivity index (χ0n) is 12.9. The largest absolute Gasteiger partial charge is 0.497 e. The molecular formula is C18H19NO4. The van der Waals surface area contributed by atoms with Crippen molar-refractivity contribution >= 4 is 5.91 Å². The number of carbonyl (C=O) groups excluding carboxylic acids is 1. The number of benzene rings is 2. The minimum absolute atomic E-state index is 0.0511. The highest BCUT2D eigenvalue weighted by atomic mass is 16.5. The van der Waals surface area contributed by atoms with Gasteiger partial charge in [0, 0.05) is 12.6 Å². The molecule has 0 bridgehead atoms. The molecule has 0 spiro atoms. The van der Waals surface area contributed by atoms with Crippen molar-refractivity contribution in [2.24, 2.45) is 0 Å². The normalized spacial score (nSPS) is 18.8. The molecule has 0 saturated carbocycles. The molecule has 1 aliphatic heterocycles. The number of morpholine rings is 1. The first-order valence-corrected chi connectivity index (χ1v) is 7.50. The van der Waals surface area contributed by atoms with E-state index in [-0.39, 0.29) is 24.7 Å². The zero-order chi connectivity index (χ0) is 16.1. The minimum Gasteiger partial charge on any atom is -0.497 e. The average molecular weight is 313 g/mol. The fourth-order valence-electron chi connectivity index (χ4n) is 2.52. The van der Waals surface area contributed by atoms with E-state index < -0.39 is 0 Å². The summed E-state index contributed by atoms with van der Waals surface area (Å²) in [4.78, 5) is 11.3. The van der Waals surface area contributed by atoms with Crippen LogP contribution in [-0.2, 0) is 9.53 Å². The lowest BCUT2D eigenvalue weighted by atomic mass is 10.0. The summed E-state index contributed by atoms with van der Waals surface area (Å²) in [7, 11) is 1.62. The highest BCUT2D eigenvalue weighted by Gasteiger charge is 2.30. The van der Waals surface area contributed by atoms with E-state index in [0.717, 1.165) is 11.3 Å². The van der Waals surface area contributed by atoms with Crippen molar-refractivity contribution in [3.05, 3.63) is 60.2 Å². The highest BCUT2D eigenvalue weighted by molar-refractivity contribution is 5.77. The van der Waals surface area contributed by atoms with E-state index in [1.54, 1.807) is 7.11 Å². The van der Waals surface area contributed by atoms with Gasteiger partial charge < -0.3 is 19.5 Å². The molecule has 1 amide bonds. The fraction of sp³-hybridized carbons (Fsp3) is 0.278. The molecule has 23 heavy (non-hydrogen) atoms. The molecule has 5 nitrogen and oxygen atoms in total. The third-order valence-electron chi connectivity index (χ3n) is 3.70. The van der Waals surface area contributed by atoms with E-state index in [1.807, 2.05) is 54.6 Å². The van der Waals surface area contributed by atoms with Crippen LogP contribution in [0, 0.1) is 0 Å². The van der Waals surface area contributed by atoms with Crippen LogP contribution in [0.5, 0.6) is 11.5 Å². The van der Waals surface area contributed by atoms with Crippen LogP contribution < -0.4 is 14.8 Å². The van der Waals surface area contributed by atoms with Gasteiger partial charge in [-0.2, -0.15) is 0 Å². The van der Waals surface area contributed by atoms with Crippen molar-refractivity contribution in [3.8, 4) is 11.5 Å². The summed E-state index contributed by atoms with van der Waals surface area (Å²) in [6.45, 7) is 0.470. The highest BCUT2D eigenvalue weighted by Crippen LogP contribution is 2.29. The van der Waals surface area contributed by atoms with E-state index in [9.17, 15) is 4.79 Å². The first kappa shape index (κ1) is 15.4. The van der Waals surface area contributed by atoms with Crippen LogP contribution in [0.1, 0.15) is 11.7 Å². The summed E-state index contributed by atoms with van der Waals surface area (Å²) in [5.74, 6) is 1.32. The molecule has 120 valence electrons. The van der Waals surface area contributed by atoms with Crippen LogP contribution in [-0.4, -0.2) is 32.3 Å². The maximum atomic E-state index is 11.3. The number of rotatable bonds is 5.